The molecule has 0 unspecified atom stereocenters. The smallest absolute Gasteiger partial charge is 0.220 e. The third kappa shape index (κ3) is 3.23. The molecule has 1 rings (SSSR count). The molecule has 0 aliphatic carbocycles. The lowest BCUT2D eigenvalue weighted by molar-refractivity contribution is 0.364. The Morgan fingerprint density at radius 1 is 1.29 bits per heavy atom. The van der Waals surface area contributed by atoms with Gasteiger partial charge in [0.05, 0.1) is 20.3 Å². The van der Waals surface area contributed by atoms with Gasteiger partial charge in [0.1, 0.15) is 0 Å². The Labute approximate surface area is 92.0 Å². The van der Waals surface area contributed by atoms with Crippen molar-refractivity contribution in [3.05, 3.63) is 6.07 Å². The monoisotopic (exact) mass is 234 g/mol. The quantitative estimate of drug-likeness (QED) is 0.442. The van der Waals surface area contributed by atoms with Crippen LogP contribution in [0.15, 0.2) is 11.2 Å². The summed E-state index contributed by atoms with van der Waals surface area (Å²) in [4.78, 5) is 8.26. The minimum atomic E-state index is 0.494. The molecule has 6 heteroatoms. The van der Waals surface area contributed by atoms with E-state index in [1.165, 1.54) is 11.8 Å². The molecular weight excluding hydrogens is 224 g/mol. The third-order valence-corrected chi connectivity index (χ3v) is 2.65. The Kier molecular flexibility index (Phi) is 4.82. The van der Waals surface area contributed by atoms with E-state index >= 15 is 0 Å². The number of rotatable bonds is 5. The third-order valence-electron chi connectivity index (χ3n) is 1.39. The van der Waals surface area contributed by atoms with Crippen molar-refractivity contribution >= 4 is 23.4 Å². The van der Waals surface area contributed by atoms with E-state index < -0.39 is 0 Å². The summed E-state index contributed by atoms with van der Waals surface area (Å²) in [5.74, 6) is 2.31. The van der Waals surface area contributed by atoms with Gasteiger partial charge in [-0.1, -0.05) is 11.8 Å². The highest BCUT2D eigenvalue weighted by molar-refractivity contribution is 7.99. The fourth-order valence-electron chi connectivity index (χ4n) is 0.787. The lowest BCUT2D eigenvalue weighted by atomic mass is 10.6. The number of hydrogen-bond acceptors (Lipinski definition) is 5. The number of halogens is 1. The van der Waals surface area contributed by atoms with Crippen LogP contribution >= 0.6 is 23.4 Å². The van der Waals surface area contributed by atoms with Gasteiger partial charge in [-0.15, -0.1) is 11.6 Å². The summed E-state index contributed by atoms with van der Waals surface area (Å²) in [6, 6.07) is 1.63. The van der Waals surface area contributed by atoms with Gasteiger partial charge in [-0.2, -0.15) is 9.97 Å². The van der Waals surface area contributed by atoms with Crippen LogP contribution in [0.5, 0.6) is 11.8 Å². The summed E-state index contributed by atoms with van der Waals surface area (Å²) in [6.45, 7) is 0. The summed E-state index contributed by atoms with van der Waals surface area (Å²) in [5, 5.41) is 0.613. The molecule has 0 aromatic carbocycles. The zero-order valence-electron chi connectivity index (χ0n) is 7.99. The molecule has 0 radical (unpaired) electrons. The second-order valence-corrected chi connectivity index (χ2v) is 3.71. The van der Waals surface area contributed by atoms with Crippen LogP contribution in [-0.2, 0) is 0 Å². The highest BCUT2D eigenvalue weighted by Gasteiger charge is 2.04. The Bertz CT molecular complexity index is 276. The maximum atomic E-state index is 5.56. The number of methoxy groups -OCH3 is 2. The van der Waals surface area contributed by atoms with E-state index in [4.69, 9.17) is 21.1 Å². The van der Waals surface area contributed by atoms with E-state index in [-0.39, 0.29) is 0 Å². The minimum Gasteiger partial charge on any atom is -0.481 e. The van der Waals surface area contributed by atoms with Gasteiger partial charge in [0, 0.05) is 11.6 Å². The number of alkyl halides is 1. The lowest BCUT2D eigenvalue weighted by Crippen LogP contribution is -1.96. The fraction of sp³-hybridized carbons (Fsp3) is 0.500. The molecule has 78 valence electrons. The van der Waals surface area contributed by atoms with Gasteiger partial charge in [-0.3, -0.25) is 0 Å². The van der Waals surface area contributed by atoms with Crippen LogP contribution < -0.4 is 9.47 Å². The molecule has 1 aromatic rings. The number of thioether (sulfide) groups is 1. The van der Waals surface area contributed by atoms with Crippen molar-refractivity contribution in [1.29, 1.82) is 0 Å². The van der Waals surface area contributed by atoms with E-state index in [2.05, 4.69) is 9.97 Å². The van der Waals surface area contributed by atoms with Gasteiger partial charge in [-0.05, 0) is 0 Å². The SMILES string of the molecule is COc1cc(OC)nc(SCCCl)n1. The minimum absolute atomic E-state index is 0.494. The van der Waals surface area contributed by atoms with Crippen molar-refractivity contribution in [3.63, 3.8) is 0 Å². The van der Waals surface area contributed by atoms with Crippen LogP contribution in [0, 0.1) is 0 Å². The van der Waals surface area contributed by atoms with Crippen molar-refractivity contribution in [2.24, 2.45) is 0 Å². The summed E-state index contributed by atoms with van der Waals surface area (Å²) in [6.07, 6.45) is 0. The average Bonchev–Trinajstić information content (AvgIpc) is 2.25. The van der Waals surface area contributed by atoms with Crippen molar-refractivity contribution in [3.8, 4) is 11.8 Å². The molecule has 0 atom stereocenters. The first-order valence-corrected chi connectivity index (χ1v) is 5.48. The average molecular weight is 235 g/mol. The van der Waals surface area contributed by atoms with Crippen LogP contribution in [-0.4, -0.2) is 35.8 Å². The molecule has 0 aliphatic heterocycles. The highest BCUT2D eigenvalue weighted by atomic mass is 35.5. The normalized spacial score (nSPS) is 9.93. The number of nitrogens with zero attached hydrogens (tertiary/aromatic N) is 2. The van der Waals surface area contributed by atoms with Gasteiger partial charge >= 0.3 is 0 Å². The molecule has 1 aromatic heterocycles. The predicted molar refractivity (Wildman–Crippen MR) is 56.6 cm³/mol. The van der Waals surface area contributed by atoms with Crippen LogP contribution in [0.4, 0.5) is 0 Å². The summed E-state index contributed by atoms with van der Waals surface area (Å²) in [7, 11) is 3.11. The first-order chi connectivity index (χ1) is 6.80. The molecule has 0 N–H and O–H groups in total. The molecule has 0 amide bonds. The van der Waals surface area contributed by atoms with Gasteiger partial charge in [0.2, 0.25) is 11.8 Å². The number of ether oxygens (including phenoxy) is 2. The van der Waals surface area contributed by atoms with Crippen LogP contribution in [0.2, 0.25) is 0 Å². The Balaban J connectivity index is 2.81. The van der Waals surface area contributed by atoms with E-state index in [0.717, 1.165) is 5.75 Å². The molecule has 0 bridgehead atoms. The summed E-state index contributed by atoms with van der Waals surface area (Å²) < 4.78 is 10.00. The van der Waals surface area contributed by atoms with Gasteiger partial charge in [0.15, 0.2) is 5.16 Å². The zero-order chi connectivity index (χ0) is 10.4. The van der Waals surface area contributed by atoms with Gasteiger partial charge < -0.3 is 9.47 Å². The fourth-order valence-corrected chi connectivity index (χ4v) is 1.59. The van der Waals surface area contributed by atoms with Crippen LogP contribution in [0.1, 0.15) is 0 Å². The molecule has 0 aliphatic rings. The van der Waals surface area contributed by atoms with E-state index in [0.29, 0.717) is 22.8 Å². The van der Waals surface area contributed by atoms with Gasteiger partial charge in [0.25, 0.3) is 0 Å². The molecule has 0 spiro atoms. The topological polar surface area (TPSA) is 44.2 Å². The van der Waals surface area contributed by atoms with Crippen LogP contribution in [0.25, 0.3) is 0 Å². The highest BCUT2D eigenvalue weighted by Crippen LogP contribution is 2.21. The van der Waals surface area contributed by atoms with Crippen molar-refractivity contribution in [2.45, 2.75) is 5.16 Å². The van der Waals surface area contributed by atoms with E-state index in [9.17, 15) is 0 Å². The largest absolute Gasteiger partial charge is 0.481 e. The van der Waals surface area contributed by atoms with Crippen molar-refractivity contribution in [2.75, 3.05) is 25.9 Å². The van der Waals surface area contributed by atoms with E-state index in [1.807, 2.05) is 0 Å². The molecular formula is C8H11ClN2O2S. The first-order valence-electron chi connectivity index (χ1n) is 3.96. The Morgan fingerprint density at radius 2 is 1.86 bits per heavy atom. The number of aromatic nitrogens is 2. The second kappa shape index (κ2) is 5.93. The second-order valence-electron chi connectivity index (χ2n) is 2.27. The molecule has 0 saturated carbocycles. The molecule has 0 fully saturated rings. The maximum absolute atomic E-state index is 5.56. The Hall–Kier alpha value is -0.680. The summed E-state index contributed by atoms with van der Waals surface area (Å²) >= 11 is 7.03. The lowest BCUT2D eigenvalue weighted by Gasteiger charge is -2.04. The van der Waals surface area contributed by atoms with Gasteiger partial charge in [-0.25, -0.2) is 0 Å². The molecule has 1 heterocycles. The molecule has 0 saturated heterocycles. The van der Waals surface area contributed by atoms with E-state index in [1.54, 1.807) is 20.3 Å². The van der Waals surface area contributed by atoms with Crippen LogP contribution in [0.3, 0.4) is 0 Å². The first kappa shape index (κ1) is 11.4. The molecule has 4 nitrogen and oxygen atoms in total. The molecule has 14 heavy (non-hydrogen) atoms. The predicted octanol–water partition coefficient (Wildman–Crippen LogP) is 1.82. The summed E-state index contributed by atoms with van der Waals surface area (Å²) in [5.41, 5.74) is 0. The maximum Gasteiger partial charge on any atom is 0.220 e. The Morgan fingerprint density at radius 3 is 2.29 bits per heavy atom. The zero-order valence-corrected chi connectivity index (χ0v) is 9.56. The van der Waals surface area contributed by atoms with Crippen molar-refractivity contribution in [1.82, 2.24) is 9.97 Å². The van der Waals surface area contributed by atoms with Crippen molar-refractivity contribution < 1.29 is 9.47 Å². The number of hydrogen-bond donors (Lipinski definition) is 0. The standard InChI is InChI=1S/C8H11ClN2O2S/c1-12-6-5-7(13-2)11-8(10-6)14-4-3-9/h5H,3-4H2,1-2H3.